The molecule has 1 aliphatic rings. The highest BCUT2D eigenvalue weighted by Crippen LogP contribution is 2.43. The largest absolute Gasteiger partial charge is 0.466 e. The van der Waals surface area contributed by atoms with Crippen LogP contribution in [0.1, 0.15) is 37.1 Å². The van der Waals surface area contributed by atoms with Crippen molar-refractivity contribution in [2.24, 2.45) is 0 Å². The molecule has 1 N–H and O–H groups in total. The molecule has 0 amide bonds. The van der Waals surface area contributed by atoms with Gasteiger partial charge in [0.1, 0.15) is 0 Å². The molecule has 2 heterocycles. The number of rotatable bonds is 7. The molecule has 6 heteroatoms. The molecule has 0 radical (unpaired) electrons. The zero-order valence-electron chi connectivity index (χ0n) is 18.0. The number of benzene rings is 2. The van der Waals surface area contributed by atoms with Gasteiger partial charge in [0.2, 0.25) is 0 Å². The van der Waals surface area contributed by atoms with E-state index in [9.17, 15) is 9.59 Å². The first-order valence-electron chi connectivity index (χ1n) is 10.8. The lowest BCUT2D eigenvalue weighted by molar-refractivity contribution is -0.168. The Balaban J connectivity index is 1.89. The quantitative estimate of drug-likeness (QED) is 0.586. The lowest BCUT2D eigenvalue weighted by Gasteiger charge is -2.44. The Morgan fingerprint density at radius 1 is 1.00 bits per heavy atom. The molecule has 0 bridgehead atoms. The molecule has 1 atom stereocenters. The molecule has 0 spiro atoms. The van der Waals surface area contributed by atoms with Crippen molar-refractivity contribution in [3.63, 3.8) is 0 Å². The molecular formula is C25H28N2O4. The van der Waals surface area contributed by atoms with Gasteiger partial charge in [-0.3, -0.25) is 9.69 Å². The third-order valence-electron chi connectivity index (χ3n) is 5.93. The summed E-state index contributed by atoms with van der Waals surface area (Å²) in [6.07, 6.45) is 0.669. The fourth-order valence-electron chi connectivity index (χ4n) is 4.60. The summed E-state index contributed by atoms with van der Waals surface area (Å²) in [5.41, 5.74) is 2.55. The van der Waals surface area contributed by atoms with Crippen LogP contribution in [0, 0.1) is 0 Å². The standard InChI is InChI=1S/C25H28N2O4/c1-3-30-22(28)16-25(24(29)31-4-2)23-20(19-12-8-9-13-21(19)26-23)14-15-27(25)17-18-10-6-5-7-11-18/h5-13,26H,3-4,14-17H2,1-2H3/t25-/m0/s1. The number of nitrogens with one attached hydrogen (secondary N) is 1. The predicted molar refractivity (Wildman–Crippen MR) is 118 cm³/mol. The van der Waals surface area contributed by atoms with E-state index < -0.39 is 17.5 Å². The molecular weight excluding hydrogens is 392 g/mol. The Kier molecular flexibility index (Phi) is 6.09. The lowest BCUT2D eigenvalue weighted by Crippen LogP contribution is -2.57. The number of carbonyl (C=O) groups excluding carboxylic acids is 2. The molecule has 1 aliphatic heterocycles. The fourth-order valence-corrected chi connectivity index (χ4v) is 4.60. The van der Waals surface area contributed by atoms with Crippen molar-refractivity contribution in [3.05, 3.63) is 71.4 Å². The zero-order valence-corrected chi connectivity index (χ0v) is 18.0. The monoisotopic (exact) mass is 420 g/mol. The number of carbonyl (C=O) groups is 2. The Morgan fingerprint density at radius 3 is 2.45 bits per heavy atom. The van der Waals surface area contributed by atoms with Crippen LogP contribution in [0.15, 0.2) is 54.6 Å². The summed E-state index contributed by atoms with van der Waals surface area (Å²) in [5.74, 6) is -0.841. The Labute approximate surface area is 182 Å². The van der Waals surface area contributed by atoms with E-state index in [1.165, 1.54) is 0 Å². The van der Waals surface area contributed by atoms with Gasteiger partial charge in [0.05, 0.1) is 25.3 Å². The van der Waals surface area contributed by atoms with Gasteiger partial charge in [-0.1, -0.05) is 48.5 Å². The van der Waals surface area contributed by atoms with Crippen LogP contribution in [0.4, 0.5) is 0 Å². The van der Waals surface area contributed by atoms with Crippen LogP contribution in [0.5, 0.6) is 0 Å². The lowest BCUT2D eigenvalue weighted by atomic mass is 9.81. The summed E-state index contributed by atoms with van der Waals surface area (Å²) in [6.45, 7) is 5.20. The molecule has 0 fully saturated rings. The van der Waals surface area contributed by atoms with Crippen molar-refractivity contribution in [3.8, 4) is 0 Å². The second-order valence-corrected chi connectivity index (χ2v) is 7.74. The first-order chi connectivity index (χ1) is 15.1. The van der Waals surface area contributed by atoms with E-state index in [0.29, 0.717) is 13.1 Å². The van der Waals surface area contributed by atoms with Gasteiger partial charge in [-0.2, -0.15) is 0 Å². The van der Waals surface area contributed by atoms with Crippen molar-refractivity contribution in [1.82, 2.24) is 9.88 Å². The van der Waals surface area contributed by atoms with E-state index in [4.69, 9.17) is 9.47 Å². The number of ether oxygens (including phenoxy) is 2. The summed E-state index contributed by atoms with van der Waals surface area (Å²) in [6, 6.07) is 18.0. The molecule has 0 unspecified atom stereocenters. The maximum Gasteiger partial charge on any atom is 0.333 e. The Bertz CT molecular complexity index is 1080. The SMILES string of the molecule is CCOC(=O)C[C@@]1(C(=O)OCC)c2[nH]c3ccccc3c2CCN1Cc1ccccc1. The van der Waals surface area contributed by atoms with Gasteiger partial charge in [0, 0.05) is 24.0 Å². The first kappa shape index (κ1) is 21.1. The number of fused-ring (bicyclic) bond motifs is 3. The van der Waals surface area contributed by atoms with Crippen molar-refractivity contribution in [1.29, 1.82) is 0 Å². The third kappa shape index (κ3) is 3.83. The van der Waals surface area contributed by atoms with Gasteiger partial charge < -0.3 is 14.5 Å². The molecule has 0 aliphatic carbocycles. The van der Waals surface area contributed by atoms with E-state index in [1.54, 1.807) is 13.8 Å². The molecule has 4 rings (SSSR count). The van der Waals surface area contributed by atoms with Crippen molar-refractivity contribution >= 4 is 22.8 Å². The topological polar surface area (TPSA) is 71.6 Å². The number of nitrogens with zero attached hydrogens (tertiary/aromatic N) is 1. The number of hydrogen-bond donors (Lipinski definition) is 1. The smallest absolute Gasteiger partial charge is 0.333 e. The summed E-state index contributed by atoms with van der Waals surface area (Å²) < 4.78 is 10.9. The van der Waals surface area contributed by atoms with Crippen LogP contribution in [0.3, 0.4) is 0 Å². The Morgan fingerprint density at radius 2 is 1.71 bits per heavy atom. The maximum absolute atomic E-state index is 13.6. The van der Waals surface area contributed by atoms with Crippen LogP contribution in [0.2, 0.25) is 0 Å². The van der Waals surface area contributed by atoms with Crippen molar-refractivity contribution < 1.29 is 19.1 Å². The van der Waals surface area contributed by atoms with E-state index >= 15 is 0 Å². The number of aromatic amines is 1. The van der Waals surface area contributed by atoms with Crippen LogP contribution < -0.4 is 0 Å². The van der Waals surface area contributed by atoms with Crippen LogP contribution in [-0.2, 0) is 37.6 Å². The molecule has 162 valence electrons. The zero-order chi connectivity index (χ0) is 21.8. The van der Waals surface area contributed by atoms with Gasteiger partial charge in [0.25, 0.3) is 0 Å². The minimum atomic E-state index is -1.27. The number of esters is 2. The van der Waals surface area contributed by atoms with Gasteiger partial charge in [-0.15, -0.1) is 0 Å². The molecule has 2 aromatic carbocycles. The minimum absolute atomic E-state index is 0.105. The summed E-state index contributed by atoms with van der Waals surface area (Å²) >= 11 is 0. The van der Waals surface area contributed by atoms with Crippen molar-refractivity contribution in [2.75, 3.05) is 19.8 Å². The molecule has 6 nitrogen and oxygen atoms in total. The number of H-pyrrole nitrogens is 1. The van der Waals surface area contributed by atoms with Crippen LogP contribution >= 0.6 is 0 Å². The van der Waals surface area contributed by atoms with E-state index in [2.05, 4.69) is 16.0 Å². The van der Waals surface area contributed by atoms with Crippen LogP contribution in [-0.4, -0.2) is 41.6 Å². The van der Waals surface area contributed by atoms with Gasteiger partial charge in [-0.25, -0.2) is 4.79 Å². The Hall–Kier alpha value is -3.12. The van der Waals surface area contributed by atoms with Gasteiger partial charge >= 0.3 is 11.9 Å². The van der Waals surface area contributed by atoms with Crippen molar-refractivity contribution in [2.45, 2.75) is 38.8 Å². The number of hydrogen-bond acceptors (Lipinski definition) is 5. The predicted octanol–water partition coefficient (Wildman–Crippen LogP) is 3.94. The minimum Gasteiger partial charge on any atom is -0.466 e. The summed E-state index contributed by atoms with van der Waals surface area (Å²) in [7, 11) is 0. The summed E-state index contributed by atoms with van der Waals surface area (Å²) in [4.78, 5) is 31.9. The highest BCUT2D eigenvalue weighted by molar-refractivity contribution is 5.93. The summed E-state index contributed by atoms with van der Waals surface area (Å²) in [5, 5.41) is 1.08. The number of aromatic nitrogens is 1. The van der Waals surface area contributed by atoms with E-state index in [-0.39, 0.29) is 19.6 Å². The molecule has 3 aromatic rings. The first-order valence-corrected chi connectivity index (χ1v) is 10.8. The second kappa shape index (κ2) is 8.94. The molecule has 0 saturated heterocycles. The molecule has 31 heavy (non-hydrogen) atoms. The average Bonchev–Trinajstić information content (AvgIpc) is 3.16. The van der Waals surface area contributed by atoms with E-state index in [1.807, 2.05) is 48.5 Å². The highest BCUT2D eigenvalue weighted by atomic mass is 16.5. The highest BCUT2D eigenvalue weighted by Gasteiger charge is 2.53. The van der Waals surface area contributed by atoms with Gasteiger partial charge in [0.15, 0.2) is 5.54 Å². The maximum atomic E-state index is 13.6. The average molecular weight is 421 g/mol. The molecule has 0 saturated carbocycles. The van der Waals surface area contributed by atoms with Crippen LogP contribution in [0.25, 0.3) is 10.9 Å². The second-order valence-electron chi connectivity index (χ2n) is 7.74. The number of para-hydroxylation sites is 1. The van der Waals surface area contributed by atoms with Gasteiger partial charge in [-0.05, 0) is 37.5 Å². The van der Waals surface area contributed by atoms with E-state index in [0.717, 1.165) is 34.1 Å². The fraction of sp³-hybridized carbons (Fsp3) is 0.360. The normalized spacial score (nSPS) is 18.5. The third-order valence-corrected chi connectivity index (χ3v) is 5.93. The molecule has 1 aromatic heterocycles.